The fourth-order valence-electron chi connectivity index (χ4n) is 4.34. The lowest BCUT2D eigenvalue weighted by Gasteiger charge is -2.16. The number of carbonyl (C=O) groups is 3. The molecule has 3 aromatic rings. The van der Waals surface area contributed by atoms with Crippen molar-refractivity contribution < 1.29 is 29.3 Å². The molecule has 1 atom stereocenters. The number of carboxylic acids is 1. The van der Waals surface area contributed by atoms with Crippen LogP contribution in [0.1, 0.15) is 39.4 Å². The Morgan fingerprint density at radius 1 is 0.943 bits per heavy atom. The number of alkyl carbamates (subject to hydrolysis) is 1. The van der Waals surface area contributed by atoms with Gasteiger partial charge in [-0.15, -0.1) is 0 Å². The van der Waals surface area contributed by atoms with Gasteiger partial charge >= 0.3 is 12.1 Å². The fourth-order valence-corrected chi connectivity index (χ4v) is 4.34. The second-order valence-electron chi connectivity index (χ2n) is 8.40. The number of hydrogen-bond acceptors (Lipinski definition) is 5. The maximum absolute atomic E-state index is 12.3. The molecule has 0 saturated heterocycles. The maximum Gasteiger partial charge on any atom is 0.407 e. The van der Waals surface area contributed by atoms with Crippen LogP contribution in [0, 0.1) is 6.92 Å². The van der Waals surface area contributed by atoms with Gasteiger partial charge in [-0.1, -0.05) is 54.6 Å². The highest BCUT2D eigenvalue weighted by Gasteiger charge is 2.29. The van der Waals surface area contributed by atoms with Crippen LogP contribution in [0.15, 0.2) is 66.7 Å². The SMILES string of the molecule is Cc1c(NC(=O)CC(O)CNC(=O)OCC2c3ccccc3-c3ccccc32)cccc1C(=O)O. The van der Waals surface area contributed by atoms with Gasteiger partial charge in [0.05, 0.1) is 18.1 Å². The number of ether oxygens (including phenoxy) is 1. The molecule has 0 saturated carbocycles. The van der Waals surface area contributed by atoms with E-state index in [4.69, 9.17) is 4.74 Å². The molecule has 1 aliphatic rings. The predicted octanol–water partition coefficient (Wildman–Crippen LogP) is 3.92. The summed E-state index contributed by atoms with van der Waals surface area (Å²) in [6.45, 7) is 1.57. The molecule has 0 aliphatic heterocycles. The van der Waals surface area contributed by atoms with Crippen molar-refractivity contribution in [2.45, 2.75) is 25.4 Å². The molecule has 0 aromatic heterocycles. The molecular weight excluding hydrogens is 448 g/mol. The van der Waals surface area contributed by atoms with Crippen molar-refractivity contribution in [3.63, 3.8) is 0 Å². The molecule has 1 unspecified atom stereocenters. The first-order valence-electron chi connectivity index (χ1n) is 11.2. The quantitative estimate of drug-likeness (QED) is 0.392. The van der Waals surface area contributed by atoms with Crippen LogP contribution in [0.25, 0.3) is 11.1 Å². The molecule has 1 aliphatic carbocycles. The normalized spacial score (nSPS) is 12.9. The summed E-state index contributed by atoms with van der Waals surface area (Å²) in [5.74, 6) is -1.67. The van der Waals surface area contributed by atoms with Crippen LogP contribution in [-0.4, -0.2) is 47.4 Å². The van der Waals surface area contributed by atoms with Gasteiger partial charge in [0.2, 0.25) is 5.91 Å². The number of rotatable bonds is 8. The molecule has 0 fully saturated rings. The lowest BCUT2D eigenvalue weighted by atomic mass is 9.98. The average Bonchev–Trinajstić information content (AvgIpc) is 3.16. The summed E-state index contributed by atoms with van der Waals surface area (Å²) in [5, 5.41) is 24.5. The van der Waals surface area contributed by atoms with Crippen LogP contribution < -0.4 is 10.6 Å². The number of fused-ring (bicyclic) bond motifs is 3. The molecule has 8 heteroatoms. The van der Waals surface area contributed by atoms with Crippen molar-refractivity contribution in [3.8, 4) is 11.1 Å². The number of benzene rings is 3. The largest absolute Gasteiger partial charge is 0.478 e. The molecule has 8 nitrogen and oxygen atoms in total. The summed E-state index contributed by atoms with van der Waals surface area (Å²) in [6.07, 6.45) is -2.10. The van der Waals surface area contributed by atoms with E-state index < -0.39 is 24.1 Å². The van der Waals surface area contributed by atoms with E-state index in [-0.39, 0.29) is 31.1 Å². The number of hydrogen-bond donors (Lipinski definition) is 4. The van der Waals surface area contributed by atoms with Crippen LogP contribution in [-0.2, 0) is 9.53 Å². The molecule has 35 heavy (non-hydrogen) atoms. The van der Waals surface area contributed by atoms with E-state index in [9.17, 15) is 24.6 Å². The Bertz CT molecular complexity index is 1230. The van der Waals surface area contributed by atoms with Gasteiger partial charge in [-0.05, 0) is 46.9 Å². The Hall–Kier alpha value is -4.17. The predicted molar refractivity (Wildman–Crippen MR) is 130 cm³/mol. The van der Waals surface area contributed by atoms with Gasteiger partial charge < -0.3 is 25.6 Å². The van der Waals surface area contributed by atoms with E-state index in [0.717, 1.165) is 22.3 Å². The van der Waals surface area contributed by atoms with E-state index in [1.807, 2.05) is 36.4 Å². The van der Waals surface area contributed by atoms with Crippen LogP contribution in [0.2, 0.25) is 0 Å². The molecule has 0 spiro atoms. The van der Waals surface area contributed by atoms with E-state index in [0.29, 0.717) is 11.3 Å². The van der Waals surface area contributed by atoms with Crippen LogP contribution >= 0.6 is 0 Å². The first kappa shape index (κ1) is 24.0. The number of carbonyl (C=O) groups excluding carboxylic acids is 2. The maximum atomic E-state index is 12.3. The first-order valence-corrected chi connectivity index (χ1v) is 11.2. The molecule has 180 valence electrons. The summed E-state index contributed by atoms with van der Waals surface area (Å²) in [5.41, 5.74) is 5.30. The van der Waals surface area contributed by atoms with Crippen LogP contribution in [0.4, 0.5) is 10.5 Å². The van der Waals surface area contributed by atoms with Gasteiger partial charge in [-0.2, -0.15) is 0 Å². The van der Waals surface area contributed by atoms with Crippen molar-refractivity contribution in [1.82, 2.24) is 5.32 Å². The zero-order valence-electron chi connectivity index (χ0n) is 19.2. The van der Waals surface area contributed by atoms with Crippen molar-refractivity contribution in [1.29, 1.82) is 0 Å². The number of aliphatic hydroxyl groups is 1. The Labute approximate surface area is 202 Å². The highest BCUT2D eigenvalue weighted by Crippen LogP contribution is 2.44. The number of amides is 2. The smallest absolute Gasteiger partial charge is 0.407 e. The van der Waals surface area contributed by atoms with Crippen LogP contribution in [0.3, 0.4) is 0 Å². The topological polar surface area (TPSA) is 125 Å². The summed E-state index contributed by atoms with van der Waals surface area (Å²) >= 11 is 0. The second kappa shape index (κ2) is 10.4. The van der Waals surface area contributed by atoms with Gasteiger partial charge in [-0.3, -0.25) is 4.79 Å². The highest BCUT2D eigenvalue weighted by molar-refractivity contribution is 5.96. The molecule has 0 radical (unpaired) electrons. The van der Waals surface area contributed by atoms with Gasteiger partial charge in [0.15, 0.2) is 0 Å². The molecule has 4 N–H and O–H groups in total. The molecule has 0 heterocycles. The Kier molecular flexibility index (Phi) is 7.12. The minimum atomic E-state index is -1.14. The van der Waals surface area contributed by atoms with E-state index >= 15 is 0 Å². The van der Waals surface area contributed by atoms with Crippen molar-refractivity contribution in [2.75, 3.05) is 18.5 Å². The summed E-state index contributed by atoms with van der Waals surface area (Å²) < 4.78 is 5.42. The lowest BCUT2D eigenvalue weighted by molar-refractivity contribution is -0.118. The second-order valence-corrected chi connectivity index (χ2v) is 8.40. The standard InChI is InChI=1S/C27H26N2O6/c1-16-18(26(32)33)11-6-12-24(16)29-25(31)13-17(30)14-28-27(34)35-15-23-21-9-4-2-7-19(21)20-8-3-5-10-22(20)23/h2-12,17,23,30H,13-15H2,1H3,(H,28,34)(H,29,31)(H,32,33). The number of nitrogens with one attached hydrogen (secondary N) is 2. The summed E-state index contributed by atoms with van der Waals surface area (Å²) in [6, 6.07) is 20.6. The monoisotopic (exact) mass is 474 g/mol. The summed E-state index contributed by atoms with van der Waals surface area (Å²) in [4.78, 5) is 35.8. The highest BCUT2D eigenvalue weighted by atomic mass is 16.5. The third kappa shape index (κ3) is 5.33. The number of aromatic carboxylic acids is 1. The Morgan fingerprint density at radius 3 is 2.20 bits per heavy atom. The van der Waals surface area contributed by atoms with Crippen LogP contribution in [0.5, 0.6) is 0 Å². The zero-order valence-corrected chi connectivity index (χ0v) is 19.2. The number of carboxylic acid groups (broad SMARTS) is 1. The number of aliphatic hydroxyl groups excluding tert-OH is 1. The first-order chi connectivity index (χ1) is 16.8. The minimum Gasteiger partial charge on any atom is -0.478 e. The lowest BCUT2D eigenvalue weighted by Crippen LogP contribution is -2.35. The molecule has 3 aromatic carbocycles. The van der Waals surface area contributed by atoms with Gasteiger partial charge in [0, 0.05) is 18.2 Å². The van der Waals surface area contributed by atoms with Crippen molar-refractivity contribution in [2.24, 2.45) is 0 Å². The fraction of sp³-hybridized carbons (Fsp3) is 0.222. The third-order valence-corrected chi connectivity index (χ3v) is 6.09. The molecule has 4 rings (SSSR count). The third-order valence-electron chi connectivity index (χ3n) is 6.09. The summed E-state index contributed by atoms with van der Waals surface area (Å²) in [7, 11) is 0. The average molecular weight is 475 g/mol. The van der Waals surface area contributed by atoms with Crippen molar-refractivity contribution >= 4 is 23.7 Å². The minimum absolute atomic E-state index is 0.0753. The number of anilines is 1. The molecular formula is C27H26N2O6. The molecule has 0 bridgehead atoms. The van der Waals surface area contributed by atoms with Gasteiger partial charge in [-0.25, -0.2) is 9.59 Å². The van der Waals surface area contributed by atoms with Crippen molar-refractivity contribution in [3.05, 3.63) is 89.0 Å². The van der Waals surface area contributed by atoms with E-state index in [2.05, 4.69) is 22.8 Å². The van der Waals surface area contributed by atoms with Gasteiger partial charge in [0.25, 0.3) is 0 Å². The zero-order chi connectivity index (χ0) is 24.9. The van der Waals surface area contributed by atoms with E-state index in [1.54, 1.807) is 13.0 Å². The van der Waals surface area contributed by atoms with Gasteiger partial charge in [0.1, 0.15) is 6.61 Å². The Balaban J connectivity index is 1.26. The Morgan fingerprint density at radius 2 is 1.57 bits per heavy atom. The van der Waals surface area contributed by atoms with E-state index in [1.165, 1.54) is 12.1 Å². The molecule has 2 amide bonds.